The first-order valence-corrected chi connectivity index (χ1v) is 5.59. The van der Waals surface area contributed by atoms with Gasteiger partial charge in [-0.3, -0.25) is 0 Å². The Balaban J connectivity index is 2.15. The molecule has 0 radical (unpaired) electrons. The van der Waals surface area contributed by atoms with Gasteiger partial charge in [-0.25, -0.2) is 4.39 Å². The smallest absolute Gasteiger partial charge is 0.130 e. The molecule has 0 unspecified atom stereocenters. The van der Waals surface area contributed by atoms with E-state index in [4.69, 9.17) is 4.74 Å². The van der Waals surface area contributed by atoms with Gasteiger partial charge >= 0.3 is 0 Å². The molecule has 0 amide bonds. The summed E-state index contributed by atoms with van der Waals surface area (Å²) in [4.78, 5) is 0. The minimum atomic E-state index is -0.154. The molecule has 1 saturated carbocycles. The summed E-state index contributed by atoms with van der Waals surface area (Å²) in [5.41, 5.74) is 0.707. The highest BCUT2D eigenvalue weighted by Gasteiger charge is 2.23. The van der Waals surface area contributed by atoms with E-state index in [1.165, 1.54) is 18.9 Å². The van der Waals surface area contributed by atoms with Gasteiger partial charge in [-0.15, -0.1) is 0 Å². The first-order valence-electron chi connectivity index (χ1n) is 5.59. The maximum absolute atomic E-state index is 13.6. The van der Waals surface area contributed by atoms with Gasteiger partial charge in [-0.2, -0.15) is 0 Å². The lowest BCUT2D eigenvalue weighted by molar-refractivity contribution is 0.293. The predicted octanol–water partition coefficient (Wildman–Crippen LogP) is 3.74. The van der Waals surface area contributed by atoms with E-state index < -0.39 is 0 Å². The summed E-state index contributed by atoms with van der Waals surface area (Å²) >= 11 is 0. The van der Waals surface area contributed by atoms with E-state index in [1.807, 2.05) is 19.9 Å². The fourth-order valence-electron chi connectivity index (χ4n) is 1.70. The van der Waals surface area contributed by atoms with Crippen LogP contribution in [0, 0.1) is 11.7 Å². The van der Waals surface area contributed by atoms with Gasteiger partial charge in [-0.05, 0) is 36.8 Å². The summed E-state index contributed by atoms with van der Waals surface area (Å²) in [6, 6.07) is 5.07. The average Bonchev–Trinajstić information content (AvgIpc) is 2.97. The van der Waals surface area contributed by atoms with Crippen molar-refractivity contribution in [2.45, 2.75) is 32.6 Å². The largest absolute Gasteiger partial charge is 0.493 e. The van der Waals surface area contributed by atoms with Crippen molar-refractivity contribution in [2.75, 3.05) is 6.61 Å². The Kier molecular flexibility index (Phi) is 2.94. The van der Waals surface area contributed by atoms with E-state index in [-0.39, 0.29) is 11.7 Å². The second-order valence-electron chi connectivity index (χ2n) is 4.56. The topological polar surface area (TPSA) is 9.23 Å². The molecule has 2 rings (SSSR count). The zero-order valence-electron chi connectivity index (χ0n) is 9.29. The molecule has 0 saturated heterocycles. The molecule has 1 nitrogen and oxygen atoms in total. The lowest BCUT2D eigenvalue weighted by Crippen LogP contribution is -2.04. The lowest BCUT2D eigenvalue weighted by atomic mass is 10.0. The number of rotatable bonds is 4. The van der Waals surface area contributed by atoms with E-state index in [0.717, 1.165) is 12.4 Å². The minimum absolute atomic E-state index is 0.154. The molecule has 0 aliphatic heterocycles. The van der Waals surface area contributed by atoms with Gasteiger partial charge in [0.05, 0.1) is 6.61 Å². The molecule has 2 heteroatoms. The Morgan fingerprint density at radius 2 is 2.13 bits per heavy atom. The predicted molar refractivity (Wildman–Crippen MR) is 58.7 cm³/mol. The summed E-state index contributed by atoms with van der Waals surface area (Å²) in [5.74, 6) is 1.43. The van der Waals surface area contributed by atoms with Gasteiger partial charge in [0, 0.05) is 5.56 Å². The second-order valence-corrected chi connectivity index (χ2v) is 4.56. The van der Waals surface area contributed by atoms with Crippen molar-refractivity contribution in [1.29, 1.82) is 0 Å². The van der Waals surface area contributed by atoms with E-state index in [9.17, 15) is 4.39 Å². The van der Waals surface area contributed by atoms with Crippen molar-refractivity contribution in [2.24, 2.45) is 5.92 Å². The summed E-state index contributed by atoms with van der Waals surface area (Å²) in [7, 11) is 0. The Morgan fingerprint density at radius 1 is 1.40 bits per heavy atom. The van der Waals surface area contributed by atoms with E-state index in [1.54, 1.807) is 6.07 Å². The van der Waals surface area contributed by atoms with Crippen LogP contribution in [0.3, 0.4) is 0 Å². The lowest BCUT2D eigenvalue weighted by Gasteiger charge is -2.14. The number of ether oxygens (including phenoxy) is 1. The molecule has 1 fully saturated rings. The van der Waals surface area contributed by atoms with Gasteiger partial charge < -0.3 is 4.74 Å². The fourth-order valence-corrected chi connectivity index (χ4v) is 1.70. The van der Waals surface area contributed by atoms with Crippen LogP contribution in [0.2, 0.25) is 0 Å². The van der Waals surface area contributed by atoms with Crippen LogP contribution in [-0.4, -0.2) is 6.61 Å². The molecule has 15 heavy (non-hydrogen) atoms. The molecule has 0 aromatic heterocycles. The molecule has 1 aromatic rings. The molecule has 1 aliphatic rings. The van der Waals surface area contributed by atoms with Crippen molar-refractivity contribution < 1.29 is 9.13 Å². The summed E-state index contributed by atoms with van der Waals surface area (Å²) in [5, 5.41) is 0. The van der Waals surface area contributed by atoms with Gasteiger partial charge in [0.15, 0.2) is 0 Å². The van der Waals surface area contributed by atoms with Crippen LogP contribution < -0.4 is 4.74 Å². The van der Waals surface area contributed by atoms with E-state index in [2.05, 4.69) is 0 Å². The zero-order valence-corrected chi connectivity index (χ0v) is 9.29. The maximum Gasteiger partial charge on any atom is 0.130 e. The second kappa shape index (κ2) is 4.21. The number of halogens is 1. The van der Waals surface area contributed by atoms with E-state index >= 15 is 0 Å². The Morgan fingerprint density at radius 3 is 2.73 bits per heavy atom. The van der Waals surface area contributed by atoms with Crippen LogP contribution in [0.1, 0.15) is 38.2 Å². The normalized spacial score (nSPS) is 15.7. The molecule has 0 heterocycles. The highest BCUT2D eigenvalue weighted by atomic mass is 19.1. The monoisotopic (exact) mass is 208 g/mol. The molecule has 1 aromatic carbocycles. The van der Waals surface area contributed by atoms with Crippen LogP contribution in [0.15, 0.2) is 18.2 Å². The number of hydrogen-bond donors (Lipinski definition) is 0. The minimum Gasteiger partial charge on any atom is -0.493 e. The summed E-state index contributed by atoms with van der Waals surface area (Å²) in [6.07, 6.45) is 2.51. The molecule has 82 valence electrons. The van der Waals surface area contributed by atoms with Crippen LogP contribution in [0.25, 0.3) is 0 Å². The summed E-state index contributed by atoms with van der Waals surface area (Å²) < 4.78 is 19.2. The molecule has 0 bridgehead atoms. The first-order chi connectivity index (χ1) is 7.18. The van der Waals surface area contributed by atoms with E-state index in [0.29, 0.717) is 11.5 Å². The van der Waals surface area contributed by atoms with Gasteiger partial charge in [0.2, 0.25) is 0 Å². The third-order valence-corrected chi connectivity index (χ3v) is 2.76. The average molecular weight is 208 g/mol. The van der Waals surface area contributed by atoms with Gasteiger partial charge in [-0.1, -0.05) is 19.9 Å². The highest BCUT2D eigenvalue weighted by Crippen LogP contribution is 2.33. The van der Waals surface area contributed by atoms with Crippen LogP contribution in [0.5, 0.6) is 5.75 Å². The Bertz CT molecular complexity index is 342. The van der Waals surface area contributed by atoms with Crippen molar-refractivity contribution in [3.8, 4) is 5.75 Å². The van der Waals surface area contributed by atoms with Gasteiger partial charge in [0.25, 0.3) is 0 Å². The SMILES string of the molecule is CC(C)c1c(F)cccc1OCC1CC1. The van der Waals surface area contributed by atoms with Crippen molar-refractivity contribution in [3.63, 3.8) is 0 Å². The van der Waals surface area contributed by atoms with Crippen LogP contribution in [0.4, 0.5) is 4.39 Å². The third-order valence-electron chi connectivity index (χ3n) is 2.76. The Hall–Kier alpha value is -1.05. The number of benzene rings is 1. The Labute approximate surface area is 90.3 Å². The maximum atomic E-state index is 13.6. The molecule has 1 aliphatic carbocycles. The standard InChI is InChI=1S/C13H17FO/c1-9(2)13-11(14)4-3-5-12(13)15-8-10-6-7-10/h3-5,9-10H,6-8H2,1-2H3. The number of hydrogen-bond acceptors (Lipinski definition) is 1. The van der Waals surface area contributed by atoms with Crippen molar-refractivity contribution in [1.82, 2.24) is 0 Å². The first kappa shape index (κ1) is 10.5. The quantitative estimate of drug-likeness (QED) is 0.732. The van der Waals surface area contributed by atoms with Gasteiger partial charge in [0.1, 0.15) is 11.6 Å². The molecule has 0 atom stereocenters. The van der Waals surface area contributed by atoms with Crippen molar-refractivity contribution in [3.05, 3.63) is 29.6 Å². The molecular formula is C13H17FO. The molecule has 0 spiro atoms. The van der Waals surface area contributed by atoms with Crippen molar-refractivity contribution >= 4 is 0 Å². The molecule has 0 N–H and O–H groups in total. The van der Waals surface area contributed by atoms with Crippen LogP contribution in [-0.2, 0) is 0 Å². The fraction of sp³-hybridized carbons (Fsp3) is 0.538. The summed E-state index contributed by atoms with van der Waals surface area (Å²) in [6.45, 7) is 4.72. The molecular weight excluding hydrogens is 191 g/mol. The third kappa shape index (κ3) is 2.49. The zero-order chi connectivity index (χ0) is 10.8. The highest BCUT2D eigenvalue weighted by molar-refractivity contribution is 5.36. The van der Waals surface area contributed by atoms with Crippen LogP contribution >= 0.6 is 0 Å².